The van der Waals surface area contributed by atoms with E-state index in [0.29, 0.717) is 12.0 Å². The van der Waals surface area contributed by atoms with Crippen molar-refractivity contribution >= 4 is 44.7 Å². The molecule has 4 aromatic heterocycles. The van der Waals surface area contributed by atoms with Crippen LogP contribution < -0.4 is 10.6 Å². The Morgan fingerprint density at radius 1 is 0.795 bits per heavy atom. The van der Waals surface area contributed by atoms with Crippen molar-refractivity contribution in [2.75, 3.05) is 17.2 Å². The van der Waals surface area contributed by atoms with Crippen molar-refractivity contribution in [3.05, 3.63) is 96.1 Å². The van der Waals surface area contributed by atoms with E-state index in [-0.39, 0.29) is 0 Å². The summed E-state index contributed by atoms with van der Waals surface area (Å²) in [6, 6.07) is 22.9. The van der Waals surface area contributed by atoms with Crippen LogP contribution in [0.3, 0.4) is 0 Å². The summed E-state index contributed by atoms with van der Waals surface area (Å²) in [6.45, 7) is 11.0. The fourth-order valence-corrected chi connectivity index (χ4v) is 5.80. The summed E-state index contributed by atoms with van der Waals surface area (Å²) in [5.74, 6) is 1.23. The maximum Gasteiger partial charge on any atom is 0.157 e. The summed E-state index contributed by atoms with van der Waals surface area (Å²) in [5.41, 5.74) is 10.8. The smallest absolute Gasteiger partial charge is 0.157 e. The minimum Gasteiger partial charge on any atom is -0.378 e. The van der Waals surface area contributed by atoms with Crippen LogP contribution in [0.1, 0.15) is 56.5 Å². The molecule has 8 heteroatoms. The highest BCUT2D eigenvalue weighted by atomic mass is 16.5. The number of benzene rings is 2. The molecule has 0 spiro atoms. The Kier molecular flexibility index (Phi) is 8.52. The number of fused-ring (bicyclic) bond motifs is 2. The van der Waals surface area contributed by atoms with Crippen molar-refractivity contribution in [3.63, 3.8) is 0 Å². The number of nitrogens with zero attached hydrogens (tertiary/aromatic N) is 4. The predicted octanol–water partition coefficient (Wildman–Crippen LogP) is 8.98. The molecule has 224 valence electrons. The largest absolute Gasteiger partial charge is 0.378 e. The lowest BCUT2D eigenvalue weighted by Gasteiger charge is -2.27. The van der Waals surface area contributed by atoms with Crippen LogP contribution in [0.15, 0.2) is 79.1 Å². The quantitative estimate of drug-likeness (QED) is 0.179. The normalized spacial score (nSPS) is 16.4. The maximum atomic E-state index is 5.78. The standard InChI is InChI=1S/C34H33N7O.C2H6/c1-20-14-26(10-12-35-20)38-25-5-8-30-33(18-25)41-34(40-30)31-9-6-27(19-36-31)39-32-15-21(2)37-29-7-4-23(17-28(29)32)24-11-13-42-22(3)16-24;1-2/h4-10,12,14-15,17-19,22,24H,11,13,16H2,1-3H3,(H,35,38)(H,37,39)(H,40,41);1-2H3. The molecule has 5 heterocycles. The number of pyridine rings is 3. The lowest BCUT2D eigenvalue weighted by Crippen LogP contribution is -2.21. The molecule has 44 heavy (non-hydrogen) atoms. The van der Waals surface area contributed by atoms with Gasteiger partial charge in [-0.2, -0.15) is 0 Å². The number of nitrogens with one attached hydrogen (secondary N) is 3. The highest BCUT2D eigenvalue weighted by Crippen LogP contribution is 2.34. The Hall–Kier alpha value is -4.82. The van der Waals surface area contributed by atoms with Crippen LogP contribution in [0.4, 0.5) is 22.7 Å². The van der Waals surface area contributed by atoms with E-state index < -0.39 is 0 Å². The number of H-pyrrole nitrogens is 1. The lowest BCUT2D eigenvalue weighted by atomic mass is 9.88. The van der Waals surface area contributed by atoms with E-state index in [0.717, 1.165) is 87.0 Å². The first kappa shape index (κ1) is 29.3. The molecule has 6 aromatic rings. The molecule has 2 aromatic carbocycles. The van der Waals surface area contributed by atoms with Gasteiger partial charge in [-0.1, -0.05) is 19.9 Å². The fourth-order valence-electron chi connectivity index (χ4n) is 5.80. The second kappa shape index (κ2) is 12.8. The number of aryl methyl sites for hydroxylation is 2. The Bertz CT molecular complexity index is 1900. The molecule has 0 radical (unpaired) electrons. The molecule has 8 nitrogen and oxygen atoms in total. The second-order valence-electron chi connectivity index (χ2n) is 11.2. The van der Waals surface area contributed by atoms with Gasteiger partial charge in [0.1, 0.15) is 5.69 Å². The molecule has 0 aliphatic carbocycles. The Morgan fingerprint density at radius 3 is 2.41 bits per heavy atom. The second-order valence-corrected chi connectivity index (χ2v) is 11.2. The first-order valence-electron chi connectivity index (χ1n) is 15.4. The third-order valence-corrected chi connectivity index (χ3v) is 7.87. The van der Waals surface area contributed by atoms with Gasteiger partial charge in [0, 0.05) is 46.6 Å². The first-order valence-corrected chi connectivity index (χ1v) is 15.4. The van der Waals surface area contributed by atoms with Crippen molar-refractivity contribution in [1.82, 2.24) is 24.9 Å². The van der Waals surface area contributed by atoms with Gasteiger partial charge in [-0.25, -0.2) is 4.98 Å². The van der Waals surface area contributed by atoms with Gasteiger partial charge in [-0.05, 0) is 106 Å². The summed E-state index contributed by atoms with van der Waals surface area (Å²) in [7, 11) is 0. The van der Waals surface area contributed by atoms with Gasteiger partial charge in [-0.3, -0.25) is 15.0 Å². The van der Waals surface area contributed by atoms with Crippen LogP contribution in [0.5, 0.6) is 0 Å². The summed E-state index contributed by atoms with van der Waals surface area (Å²) < 4.78 is 5.78. The lowest BCUT2D eigenvalue weighted by molar-refractivity contribution is 0.0186. The fraction of sp³-hybridized carbons (Fsp3) is 0.278. The number of imidazole rings is 1. The van der Waals surface area contributed by atoms with Gasteiger partial charge in [0.2, 0.25) is 0 Å². The number of aromatic nitrogens is 5. The zero-order valence-corrected chi connectivity index (χ0v) is 26.0. The first-order chi connectivity index (χ1) is 21.5. The van der Waals surface area contributed by atoms with Crippen LogP contribution >= 0.6 is 0 Å². The predicted molar refractivity (Wildman–Crippen MR) is 180 cm³/mol. The average Bonchev–Trinajstić information content (AvgIpc) is 3.46. The monoisotopic (exact) mass is 585 g/mol. The zero-order chi connectivity index (χ0) is 30.6. The zero-order valence-electron chi connectivity index (χ0n) is 26.0. The molecule has 2 atom stereocenters. The van der Waals surface area contributed by atoms with E-state index in [1.807, 2.05) is 70.3 Å². The molecule has 1 fully saturated rings. The number of rotatable bonds is 6. The molecule has 1 aliphatic rings. The Morgan fingerprint density at radius 2 is 1.61 bits per heavy atom. The minimum absolute atomic E-state index is 0.291. The molecule has 0 amide bonds. The van der Waals surface area contributed by atoms with E-state index in [1.165, 1.54) is 5.56 Å². The molecular weight excluding hydrogens is 546 g/mol. The molecule has 7 rings (SSSR count). The number of hydrogen-bond donors (Lipinski definition) is 3. The van der Waals surface area contributed by atoms with Crippen LogP contribution in [-0.4, -0.2) is 37.6 Å². The van der Waals surface area contributed by atoms with Gasteiger partial charge in [-0.15, -0.1) is 0 Å². The summed E-state index contributed by atoms with van der Waals surface area (Å²) in [6.07, 6.45) is 6.04. The van der Waals surface area contributed by atoms with Crippen LogP contribution in [0.2, 0.25) is 0 Å². The van der Waals surface area contributed by atoms with Crippen molar-refractivity contribution < 1.29 is 4.74 Å². The van der Waals surface area contributed by atoms with Crippen molar-refractivity contribution in [2.24, 2.45) is 0 Å². The topological polar surface area (TPSA) is 101 Å². The third kappa shape index (κ3) is 6.40. The average molecular weight is 586 g/mol. The number of anilines is 4. The van der Waals surface area contributed by atoms with E-state index in [4.69, 9.17) is 19.7 Å². The highest BCUT2D eigenvalue weighted by molar-refractivity contribution is 5.94. The molecule has 1 aliphatic heterocycles. The molecular formula is C36H39N7O. The van der Waals surface area contributed by atoms with E-state index in [1.54, 1.807) is 6.20 Å². The molecule has 3 N–H and O–H groups in total. The van der Waals surface area contributed by atoms with Crippen LogP contribution in [0, 0.1) is 13.8 Å². The van der Waals surface area contributed by atoms with Crippen molar-refractivity contribution in [1.29, 1.82) is 0 Å². The number of hydrogen-bond acceptors (Lipinski definition) is 7. The summed E-state index contributed by atoms with van der Waals surface area (Å²) >= 11 is 0. The number of aromatic amines is 1. The molecule has 0 bridgehead atoms. The van der Waals surface area contributed by atoms with Gasteiger partial charge >= 0.3 is 0 Å². The highest BCUT2D eigenvalue weighted by Gasteiger charge is 2.21. The number of ether oxygens (including phenoxy) is 1. The summed E-state index contributed by atoms with van der Waals surface area (Å²) in [4.78, 5) is 22.0. The van der Waals surface area contributed by atoms with Gasteiger partial charge in [0.05, 0.1) is 34.5 Å². The van der Waals surface area contributed by atoms with Crippen molar-refractivity contribution in [2.45, 2.75) is 59.5 Å². The van der Waals surface area contributed by atoms with Gasteiger partial charge in [0.15, 0.2) is 5.82 Å². The molecule has 2 unspecified atom stereocenters. The van der Waals surface area contributed by atoms with E-state index in [2.05, 4.69) is 57.9 Å². The van der Waals surface area contributed by atoms with Crippen LogP contribution in [-0.2, 0) is 4.74 Å². The van der Waals surface area contributed by atoms with Gasteiger partial charge in [0.25, 0.3) is 0 Å². The summed E-state index contributed by atoms with van der Waals surface area (Å²) in [5, 5.41) is 8.15. The van der Waals surface area contributed by atoms with E-state index >= 15 is 0 Å². The Labute approximate surface area is 258 Å². The van der Waals surface area contributed by atoms with Crippen molar-refractivity contribution in [3.8, 4) is 11.5 Å². The van der Waals surface area contributed by atoms with E-state index in [9.17, 15) is 0 Å². The minimum atomic E-state index is 0.291. The molecule has 1 saturated heterocycles. The SMILES string of the molecule is CC.Cc1cc(Nc2ccc3nc(-c4ccc(Nc5cc(C)nc6ccc(C7CCOC(C)C7)cc56)cn4)[nH]c3c2)ccn1. The Balaban J connectivity index is 0.00000168. The van der Waals surface area contributed by atoms with Crippen LogP contribution in [0.25, 0.3) is 33.5 Å². The maximum absolute atomic E-state index is 5.78. The molecule has 0 saturated carbocycles. The third-order valence-electron chi connectivity index (χ3n) is 7.87. The van der Waals surface area contributed by atoms with Gasteiger partial charge < -0.3 is 20.4 Å².